The fourth-order valence-corrected chi connectivity index (χ4v) is 3.93. The lowest BCUT2D eigenvalue weighted by atomic mass is 10.3. The summed E-state index contributed by atoms with van der Waals surface area (Å²) in [4.78, 5) is 16.2. The van der Waals surface area contributed by atoms with Crippen LogP contribution < -0.4 is 5.43 Å². The maximum atomic E-state index is 11.7. The Bertz CT molecular complexity index is 795. The highest BCUT2D eigenvalue weighted by atomic mass is 127. The Hall–Kier alpha value is -1.39. The number of nitrogens with zero attached hydrogens (tertiary/aromatic N) is 2. The van der Waals surface area contributed by atoms with Crippen molar-refractivity contribution < 1.29 is 9.21 Å². The van der Waals surface area contributed by atoms with Crippen LogP contribution in [0.1, 0.15) is 5.76 Å². The van der Waals surface area contributed by atoms with Crippen LogP contribution in [0.3, 0.4) is 0 Å². The molecule has 0 saturated heterocycles. The number of amides is 1. The predicted molar refractivity (Wildman–Crippen MR) is 97.5 cm³/mol. The summed E-state index contributed by atoms with van der Waals surface area (Å²) in [6.45, 7) is 0. The van der Waals surface area contributed by atoms with Crippen LogP contribution >= 0.6 is 45.7 Å². The van der Waals surface area contributed by atoms with Crippen molar-refractivity contribution in [1.29, 1.82) is 0 Å². The standard InChI is InChI=1S/C14H10IN3O2S2/c15-12-6-5-9(20-12)7-16-18-13(19)8-21-14-17-10-3-1-2-4-11(10)22-14/h1-7H,8H2,(H,18,19)/b16-7+. The summed E-state index contributed by atoms with van der Waals surface area (Å²) in [5, 5.41) is 3.86. The highest BCUT2D eigenvalue weighted by Gasteiger charge is 2.07. The van der Waals surface area contributed by atoms with E-state index in [1.54, 1.807) is 17.4 Å². The minimum absolute atomic E-state index is 0.179. The average Bonchev–Trinajstić information content (AvgIpc) is 3.11. The van der Waals surface area contributed by atoms with Crippen molar-refractivity contribution in [2.75, 3.05) is 5.75 Å². The van der Waals surface area contributed by atoms with Gasteiger partial charge in [-0.1, -0.05) is 23.9 Å². The third-order valence-electron chi connectivity index (χ3n) is 2.58. The van der Waals surface area contributed by atoms with E-state index in [0.717, 1.165) is 18.3 Å². The summed E-state index contributed by atoms with van der Waals surface area (Å²) in [6, 6.07) is 11.5. The van der Waals surface area contributed by atoms with E-state index >= 15 is 0 Å². The highest BCUT2D eigenvalue weighted by Crippen LogP contribution is 2.28. The Morgan fingerprint density at radius 3 is 3.05 bits per heavy atom. The van der Waals surface area contributed by atoms with E-state index in [9.17, 15) is 4.79 Å². The van der Waals surface area contributed by atoms with Gasteiger partial charge in [-0.25, -0.2) is 10.4 Å². The zero-order valence-electron chi connectivity index (χ0n) is 11.2. The molecule has 0 spiro atoms. The fourth-order valence-electron chi connectivity index (χ4n) is 1.64. The SMILES string of the molecule is O=C(CSc1nc2ccccc2s1)N/N=C/c1ccc(I)o1. The van der Waals surface area contributed by atoms with Crippen molar-refractivity contribution in [3.05, 3.63) is 45.9 Å². The summed E-state index contributed by atoms with van der Waals surface area (Å²) in [7, 11) is 0. The molecule has 1 aromatic carbocycles. The number of thiazole rings is 1. The fraction of sp³-hybridized carbons (Fsp3) is 0.0714. The molecule has 2 aromatic heterocycles. The molecule has 0 aliphatic rings. The number of aromatic nitrogens is 1. The molecular weight excluding hydrogens is 433 g/mol. The lowest BCUT2D eigenvalue weighted by molar-refractivity contribution is -0.118. The van der Waals surface area contributed by atoms with Crippen LogP contribution in [0.15, 0.2) is 50.3 Å². The van der Waals surface area contributed by atoms with Crippen LogP contribution in [0.25, 0.3) is 10.2 Å². The van der Waals surface area contributed by atoms with Gasteiger partial charge in [-0.15, -0.1) is 11.3 Å². The number of benzene rings is 1. The third-order valence-corrected chi connectivity index (χ3v) is 5.34. The zero-order chi connectivity index (χ0) is 15.4. The molecule has 0 saturated carbocycles. The van der Waals surface area contributed by atoms with Gasteiger partial charge in [0.1, 0.15) is 5.76 Å². The predicted octanol–water partition coefficient (Wildman–Crippen LogP) is 3.74. The molecule has 2 heterocycles. The van der Waals surface area contributed by atoms with Crippen molar-refractivity contribution in [1.82, 2.24) is 10.4 Å². The van der Waals surface area contributed by atoms with Gasteiger partial charge in [-0.2, -0.15) is 5.10 Å². The van der Waals surface area contributed by atoms with Crippen molar-refractivity contribution in [3.63, 3.8) is 0 Å². The molecule has 0 aliphatic heterocycles. The summed E-state index contributed by atoms with van der Waals surface area (Å²) in [5.74, 6) is 0.692. The van der Waals surface area contributed by atoms with Gasteiger partial charge >= 0.3 is 0 Å². The molecule has 112 valence electrons. The van der Waals surface area contributed by atoms with E-state index in [1.807, 2.05) is 30.3 Å². The first-order chi connectivity index (χ1) is 10.7. The Balaban J connectivity index is 1.50. The van der Waals surface area contributed by atoms with Crippen LogP contribution in [0.4, 0.5) is 0 Å². The summed E-state index contributed by atoms with van der Waals surface area (Å²) in [6.07, 6.45) is 1.47. The van der Waals surface area contributed by atoms with Crippen molar-refractivity contribution in [3.8, 4) is 0 Å². The summed E-state index contributed by atoms with van der Waals surface area (Å²) >= 11 is 5.05. The van der Waals surface area contributed by atoms with Gasteiger partial charge in [0, 0.05) is 0 Å². The molecule has 0 aliphatic carbocycles. The topological polar surface area (TPSA) is 67.5 Å². The molecule has 5 nitrogen and oxygen atoms in total. The van der Waals surface area contributed by atoms with Crippen LogP contribution in [0, 0.1) is 3.77 Å². The number of fused-ring (bicyclic) bond motifs is 1. The lowest BCUT2D eigenvalue weighted by Gasteiger charge is -1.96. The van der Waals surface area contributed by atoms with Crippen LogP contribution in [0.2, 0.25) is 0 Å². The Morgan fingerprint density at radius 2 is 2.27 bits per heavy atom. The number of hydrazone groups is 1. The second kappa shape index (κ2) is 7.25. The molecule has 1 N–H and O–H groups in total. The van der Waals surface area contributed by atoms with E-state index in [0.29, 0.717) is 5.76 Å². The highest BCUT2D eigenvalue weighted by molar-refractivity contribution is 14.1. The third kappa shape index (κ3) is 4.08. The molecule has 3 aromatic rings. The molecule has 0 bridgehead atoms. The van der Waals surface area contributed by atoms with Crippen LogP contribution in [0.5, 0.6) is 0 Å². The molecule has 1 amide bonds. The van der Waals surface area contributed by atoms with Gasteiger partial charge < -0.3 is 4.42 Å². The first-order valence-corrected chi connectivity index (χ1v) is 9.14. The second-order valence-electron chi connectivity index (χ2n) is 4.17. The van der Waals surface area contributed by atoms with Gasteiger partial charge in [0.25, 0.3) is 5.91 Å². The van der Waals surface area contributed by atoms with Crippen molar-refractivity contribution in [2.24, 2.45) is 5.10 Å². The number of thioether (sulfide) groups is 1. The maximum Gasteiger partial charge on any atom is 0.250 e. The molecule has 8 heteroatoms. The number of para-hydroxylation sites is 1. The van der Waals surface area contributed by atoms with Gasteiger partial charge in [-0.3, -0.25) is 4.79 Å². The number of furan rings is 1. The smallest absolute Gasteiger partial charge is 0.250 e. The van der Waals surface area contributed by atoms with Gasteiger partial charge in [0.05, 0.1) is 22.2 Å². The monoisotopic (exact) mass is 443 g/mol. The number of nitrogens with one attached hydrogen (secondary N) is 1. The first kappa shape index (κ1) is 15.5. The molecule has 0 radical (unpaired) electrons. The summed E-state index contributed by atoms with van der Waals surface area (Å²) < 4.78 is 8.07. The molecule has 3 rings (SSSR count). The number of rotatable bonds is 5. The molecule has 22 heavy (non-hydrogen) atoms. The Kier molecular flexibility index (Phi) is 5.11. The second-order valence-corrected chi connectivity index (χ2v) is 7.49. The zero-order valence-corrected chi connectivity index (χ0v) is 14.9. The number of hydrogen-bond acceptors (Lipinski definition) is 6. The van der Waals surface area contributed by atoms with Crippen LogP contribution in [-0.2, 0) is 4.79 Å². The van der Waals surface area contributed by atoms with Gasteiger partial charge in [-0.05, 0) is 46.9 Å². The van der Waals surface area contributed by atoms with E-state index < -0.39 is 0 Å². The number of halogens is 1. The number of hydrogen-bond donors (Lipinski definition) is 1. The van der Waals surface area contributed by atoms with Crippen molar-refractivity contribution in [2.45, 2.75) is 4.34 Å². The van der Waals surface area contributed by atoms with Gasteiger partial charge in [0.2, 0.25) is 0 Å². The Morgan fingerprint density at radius 1 is 1.41 bits per heavy atom. The number of carbonyl (C=O) groups is 1. The maximum absolute atomic E-state index is 11.7. The average molecular weight is 443 g/mol. The van der Waals surface area contributed by atoms with E-state index in [-0.39, 0.29) is 11.7 Å². The largest absolute Gasteiger partial charge is 0.449 e. The van der Waals surface area contributed by atoms with E-state index in [2.05, 4.69) is 38.1 Å². The van der Waals surface area contributed by atoms with Crippen LogP contribution in [-0.4, -0.2) is 22.9 Å². The van der Waals surface area contributed by atoms with Crippen molar-refractivity contribution >= 4 is 68.0 Å². The Labute approximate surface area is 148 Å². The van der Waals surface area contributed by atoms with E-state index in [1.165, 1.54) is 18.0 Å². The molecule has 0 unspecified atom stereocenters. The normalized spacial score (nSPS) is 11.3. The molecular formula is C14H10IN3O2S2. The molecule has 0 fully saturated rings. The number of carbonyl (C=O) groups excluding carboxylic acids is 1. The van der Waals surface area contributed by atoms with Gasteiger partial charge in [0.15, 0.2) is 8.11 Å². The minimum atomic E-state index is -0.179. The summed E-state index contributed by atoms with van der Waals surface area (Å²) in [5.41, 5.74) is 3.43. The van der Waals surface area contributed by atoms with E-state index in [4.69, 9.17) is 4.42 Å². The quantitative estimate of drug-likeness (QED) is 0.283. The first-order valence-electron chi connectivity index (χ1n) is 6.26. The minimum Gasteiger partial charge on any atom is -0.449 e. The lowest BCUT2D eigenvalue weighted by Crippen LogP contribution is -2.19. The molecule has 0 atom stereocenters.